The molecule has 1 aromatic carbocycles. The summed E-state index contributed by atoms with van der Waals surface area (Å²) in [6.45, 7) is 2.99. The van der Waals surface area contributed by atoms with E-state index < -0.39 is 5.97 Å². The van der Waals surface area contributed by atoms with Gasteiger partial charge >= 0.3 is 5.97 Å². The van der Waals surface area contributed by atoms with Gasteiger partial charge in [0.15, 0.2) is 0 Å². The van der Waals surface area contributed by atoms with Gasteiger partial charge < -0.3 is 9.52 Å². The van der Waals surface area contributed by atoms with E-state index in [0.717, 1.165) is 24.3 Å². The molecule has 0 radical (unpaired) electrons. The summed E-state index contributed by atoms with van der Waals surface area (Å²) in [4.78, 5) is 26.2. The van der Waals surface area contributed by atoms with Gasteiger partial charge in [-0.05, 0) is 48.9 Å². The number of amides is 1. The van der Waals surface area contributed by atoms with Crippen LogP contribution in [0.3, 0.4) is 0 Å². The van der Waals surface area contributed by atoms with Crippen LogP contribution in [0.1, 0.15) is 48.7 Å². The van der Waals surface area contributed by atoms with Gasteiger partial charge in [-0.3, -0.25) is 9.69 Å². The molecular weight excluding hydrogens is 418 g/mol. The van der Waals surface area contributed by atoms with E-state index in [4.69, 9.17) is 21.7 Å². The molecule has 1 amide bonds. The van der Waals surface area contributed by atoms with Gasteiger partial charge in [-0.1, -0.05) is 55.9 Å². The zero-order chi connectivity index (χ0) is 21.3. The summed E-state index contributed by atoms with van der Waals surface area (Å²) in [6.07, 6.45) is 6.48. The van der Waals surface area contributed by atoms with Gasteiger partial charge in [-0.15, -0.1) is 0 Å². The second-order valence-electron chi connectivity index (χ2n) is 8.00. The Bertz CT molecular complexity index is 1000. The number of thiocarbonyl (C=S) groups is 1. The van der Waals surface area contributed by atoms with Gasteiger partial charge in [0.1, 0.15) is 15.8 Å². The molecular formula is C23H23NO4S2. The van der Waals surface area contributed by atoms with Crippen LogP contribution >= 0.6 is 24.0 Å². The molecule has 1 saturated heterocycles. The summed E-state index contributed by atoms with van der Waals surface area (Å²) in [5, 5.41) is 9.01. The van der Waals surface area contributed by atoms with Crippen LogP contribution in [0.4, 0.5) is 0 Å². The minimum atomic E-state index is -0.966. The first-order valence-corrected chi connectivity index (χ1v) is 11.3. The smallest absolute Gasteiger partial charge is 0.335 e. The lowest BCUT2D eigenvalue weighted by molar-refractivity contribution is -0.122. The summed E-state index contributed by atoms with van der Waals surface area (Å²) >= 11 is 6.79. The van der Waals surface area contributed by atoms with E-state index >= 15 is 0 Å². The normalized spacial score (nSPS) is 23.4. The monoisotopic (exact) mass is 441 g/mol. The second kappa shape index (κ2) is 8.78. The van der Waals surface area contributed by atoms with Crippen molar-refractivity contribution < 1.29 is 19.1 Å². The zero-order valence-corrected chi connectivity index (χ0v) is 18.3. The number of carbonyl (C=O) groups is 2. The summed E-state index contributed by atoms with van der Waals surface area (Å²) in [5.74, 6) is 1.47. The average molecular weight is 442 g/mol. The maximum Gasteiger partial charge on any atom is 0.335 e. The number of carboxylic acids is 1. The minimum Gasteiger partial charge on any atom is -0.478 e. The third-order valence-electron chi connectivity index (χ3n) is 5.77. The topological polar surface area (TPSA) is 70.8 Å². The Kier molecular flexibility index (Phi) is 6.11. The van der Waals surface area contributed by atoms with Crippen molar-refractivity contribution in [2.75, 3.05) is 6.54 Å². The molecule has 4 rings (SSSR count). The molecule has 1 saturated carbocycles. The molecule has 2 heterocycles. The molecule has 156 valence electrons. The molecule has 0 atom stereocenters. The van der Waals surface area contributed by atoms with Gasteiger partial charge in [0.2, 0.25) is 0 Å². The molecule has 2 aromatic rings. The molecule has 7 heteroatoms. The molecule has 1 aliphatic carbocycles. The van der Waals surface area contributed by atoms with Gasteiger partial charge in [0.25, 0.3) is 5.91 Å². The number of carbonyl (C=O) groups excluding carboxylic acids is 1. The van der Waals surface area contributed by atoms with Crippen molar-refractivity contribution in [1.82, 2.24) is 4.90 Å². The molecule has 2 fully saturated rings. The van der Waals surface area contributed by atoms with E-state index in [1.807, 2.05) is 6.07 Å². The number of carboxylic acid groups (broad SMARTS) is 1. The van der Waals surface area contributed by atoms with E-state index in [1.54, 1.807) is 29.2 Å². The second-order valence-corrected chi connectivity index (χ2v) is 9.68. The van der Waals surface area contributed by atoms with E-state index in [2.05, 4.69) is 6.92 Å². The first kappa shape index (κ1) is 20.9. The summed E-state index contributed by atoms with van der Waals surface area (Å²) in [6, 6.07) is 10.1. The fourth-order valence-corrected chi connectivity index (χ4v) is 5.17. The molecule has 1 aliphatic heterocycles. The number of aromatic carboxylic acids is 1. The fourth-order valence-electron chi connectivity index (χ4n) is 3.92. The highest BCUT2D eigenvalue weighted by Gasteiger charge is 2.34. The van der Waals surface area contributed by atoms with Crippen LogP contribution in [0.5, 0.6) is 0 Å². The van der Waals surface area contributed by atoms with Crippen molar-refractivity contribution in [3.63, 3.8) is 0 Å². The molecule has 30 heavy (non-hydrogen) atoms. The number of hydrogen-bond donors (Lipinski definition) is 1. The van der Waals surface area contributed by atoms with E-state index in [0.29, 0.717) is 33.2 Å². The minimum absolute atomic E-state index is 0.0487. The maximum atomic E-state index is 12.9. The number of thioether (sulfide) groups is 1. The van der Waals surface area contributed by atoms with Gasteiger partial charge in [0.05, 0.1) is 10.5 Å². The summed E-state index contributed by atoms with van der Waals surface area (Å²) < 4.78 is 6.47. The summed E-state index contributed by atoms with van der Waals surface area (Å²) in [7, 11) is 0. The first-order valence-electron chi connectivity index (χ1n) is 10.1. The fraction of sp³-hybridized carbons (Fsp3) is 0.348. The standard InChI is InChI=1S/C23H23NO4S2/c1-14-2-4-15(5-3-14)13-24-21(25)20(30-23(24)29)12-18-10-11-19(28-18)16-6-8-17(9-7-16)22(26)27/h6-12,14-15H,2-5,13H2,1H3,(H,26,27)/b20-12-. The number of rotatable bonds is 5. The van der Waals surface area contributed by atoms with Crippen LogP contribution in [-0.4, -0.2) is 32.7 Å². The van der Waals surface area contributed by atoms with Crippen LogP contribution < -0.4 is 0 Å². The third kappa shape index (κ3) is 4.52. The van der Waals surface area contributed by atoms with Crippen molar-refractivity contribution in [3.05, 3.63) is 52.6 Å². The number of nitrogens with zero attached hydrogens (tertiary/aromatic N) is 1. The van der Waals surface area contributed by atoms with Crippen LogP contribution in [0.15, 0.2) is 45.7 Å². The molecule has 0 unspecified atom stereocenters. The predicted octanol–water partition coefficient (Wildman–Crippen LogP) is 5.67. The van der Waals surface area contributed by atoms with Crippen LogP contribution in [0, 0.1) is 11.8 Å². The first-order chi connectivity index (χ1) is 14.4. The molecule has 1 aromatic heterocycles. The van der Waals surface area contributed by atoms with E-state index in [9.17, 15) is 9.59 Å². The largest absolute Gasteiger partial charge is 0.478 e. The van der Waals surface area contributed by atoms with Crippen LogP contribution in [0.2, 0.25) is 0 Å². The average Bonchev–Trinajstić information content (AvgIpc) is 3.30. The van der Waals surface area contributed by atoms with Gasteiger partial charge in [0, 0.05) is 18.2 Å². The number of benzene rings is 1. The SMILES string of the molecule is CC1CCC(CN2C(=O)/C(=C/c3ccc(-c4ccc(C(=O)O)cc4)o3)SC2=S)CC1. The Hall–Kier alpha value is -2.38. The van der Waals surface area contributed by atoms with Crippen molar-refractivity contribution in [2.24, 2.45) is 11.8 Å². The Morgan fingerprint density at radius 2 is 1.90 bits per heavy atom. The molecule has 0 bridgehead atoms. The van der Waals surface area contributed by atoms with E-state index in [1.165, 1.54) is 36.7 Å². The lowest BCUT2D eigenvalue weighted by Crippen LogP contribution is -2.34. The van der Waals surface area contributed by atoms with Crippen molar-refractivity contribution in [1.29, 1.82) is 0 Å². The Morgan fingerprint density at radius 1 is 1.20 bits per heavy atom. The van der Waals surface area contributed by atoms with Crippen molar-refractivity contribution in [2.45, 2.75) is 32.6 Å². The third-order valence-corrected chi connectivity index (χ3v) is 7.14. The maximum absolute atomic E-state index is 12.9. The van der Waals surface area contributed by atoms with Crippen LogP contribution in [-0.2, 0) is 4.79 Å². The van der Waals surface area contributed by atoms with Gasteiger partial charge in [-0.25, -0.2) is 4.79 Å². The quantitative estimate of drug-likeness (QED) is 0.476. The highest BCUT2D eigenvalue weighted by molar-refractivity contribution is 8.26. The Balaban J connectivity index is 1.45. The highest BCUT2D eigenvalue weighted by atomic mass is 32.2. The zero-order valence-electron chi connectivity index (χ0n) is 16.7. The molecule has 0 spiro atoms. The van der Waals surface area contributed by atoms with Crippen molar-refractivity contribution in [3.8, 4) is 11.3 Å². The Labute approximate surface area is 185 Å². The Morgan fingerprint density at radius 3 is 2.57 bits per heavy atom. The molecule has 1 N–H and O–H groups in total. The van der Waals surface area contributed by atoms with Gasteiger partial charge in [-0.2, -0.15) is 0 Å². The van der Waals surface area contributed by atoms with Crippen LogP contribution in [0.25, 0.3) is 17.4 Å². The lowest BCUT2D eigenvalue weighted by Gasteiger charge is -2.29. The summed E-state index contributed by atoms with van der Waals surface area (Å²) in [5.41, 5.74) is 1.00. The number of hydrogen-bond acceptors (Lipinski definition) is 5. The van der Waals surface area contributed by atoms with Crippen molar-refractivity contribution >= 4 is 46.3 Å². The molecule has 2 aliphatic rings. The molecule has 5 nitrogen and oxygen atoms in total. The van der Waals surface area contributed by atoms with E-state index in [-0.39, 0.29) is 11.5 Å². The number of furan rings is 1. The lowest BCUT2D eigenvalue weighted by atomic mass is 9.83. The highest BCUT2D eigenvalue weighted by Crippen LogP contribution is 2.36. The predicted molar refractivity (Wildman–Crippen MR) is 122 cm³/mol.